The van der Waals surface area contributed by atoms with E-state index in [-0.39, 0.29) is 61.6 Å². The molecule has 4 aromatic heterocycles. The average molecular weight is 969 g/mol. The fourth-order valence-electron chi connectivity index (χ4n) is 6.98. The lowest BCUT2D eigenvalue weighted by Gasteiger charge is -2.41. The van der Waals surface area contributed by atoms with E-state index in [0.29, 0.717) is 77.2 Å². The molecule has 2 atom stereocenters. The van der Waals surface area contributed by atoms with Crippen LogP contribution in [0, 0.1) is 0 Å². The number of halogens is 4. The Labute approximate surface area is 400 Å². The summed E-state index contributed by atoms with van der Waals surface area (Å²) in [6.45, 7) is 8.89. The van der Waals surface area contributed by atoms with Crippen LogP contribution in [0.15, 0.2) is 131 Å². The number of pyridine rings is 2. The highest BCUT2D eigenvalue weighted by atomic mass is 35.5. The molecular formula is C47H50Cl4N6O8. The second kappa shape index (κ2) is 23.4. The summed E-state index contributed by atoms with van der Waals surface area (Å²) in [4.78, 5) is 52.4. The SMILES string of the molecule is CC(C)(C)OC(=O)N1CCN(C(=O)c2ccc(-c3ccccc3Cl)o2)C(COc2cccnc2)C1.Cl.Cl.O=C(c1ccc(-c2ccccc2Cl)o1)N1CCNCC1COc1cccnc1. The van der Waals surface area contributed by atoms with E-state index in [9.17, 15) is 14.4 Å². The van der Waals surface area contributed by atoms with Crippen LogP contribution in [0.1, 0.15) is 41.9 Å². The molecule has 14 nitrogen and oxygen atoms in total. The van der Waals surface area contributed by atoms with Crippen molar-refractivity contribution in [3.63, 3.8) is 0 Å². The highest BCUT2D eigenvalue weighted by molar-refractivity contribution is 6.33. The minimum atomic E-state index is -0.616. The number of carbonyl (C=O) groups excluding carboxylic acids is 3. The number of furan rings is 2. The zero-order valence-electron chi connectivity index (χ0n) is 35.9. The smallest absolute Gasteiger partial charge is 0.410 e. The van der Waals surface area contributed by atoms with Crippen molar-refractivity contribution in [2.45, 2.75) is 38.5 Å². The fourth-order valence-corrected chi connectivity index (χ4v) is 7.44. The molecule has 2 saturated heterocycles. The van der Waals surface area contributed by atoms with Crippen molar-refractivity contribution in [3.05, 3.63) is 143 Å². The molecule has 65 heavy (non-hydrogen) atoms. The molecule has 6 heterocycles. The van der Waals surface area contributed by atoms with E-state index >= 15 is 0 Å². The first kappa shape index (κ1) is 50.2. The molecule has 0 bridgehead atoms. The maximum absolute atomic E-state index is 13.5. The van der Waals surface area contributed by atoms with Gasteiger partial charge in [0.1, 0.15) is 41.8 Å². The quantitative estimate of drug-likeness (QED) is 0.140. The first-order chi connectivity index (χ1) is 30.4. The standard InChI is InChI=1S/C26H28ClN3O5.C21H20ClN3O3.2ClH/c1-26(2,3)35-25(32)29-13-14-30(18(16-29)17-33-19-7-6-12-28-15-19)24(31)23-11-10-22(34-23)20-8-4-5-9-21(20)27;22-18-6-2-1-5-17(18)19-7-8-20(28-19)21(26)25-11-10-24-12-15(25)14-27-16-4-3-9-23-13-16;;/h4-12,15,18H,13-14,16-17H2,1-3H3;1-9,13,15,24H,10-12,14H2;2*1H. The number of benzene rings is 2. The molecule has 0 aliphatic carbocycles. The zero-order chi connectivity index (χ0) is 44.3. The number of rotatable bonds is 10. The maximum atomic E-state index is 13.5. The summed E-state index contributed by atoms with van der Waals surface area (Å²) < 4.78 is 29.0. The van der Waals surface area contributed by atoms with Crippen molar-refractivity contribution < 1.29 is 37.4 Å². The predicted octanol–water partition coefficient (Wildman–Crippen LogP) is 9.47. The highest BCUT2D eigenvalue weighted by Gasteiger charge is 2.36. The molecule has 2 aliphatic heterocycles. The van der Waals surface area contributed by atoms with Crippen LogP contribution in [0.25, 0.3) is 22.6 Å². The van der Waals surface area contributed by atoms with Gasteiger partial charge in [0.05, 0.1) is 34.5 Å². The lowest BCUT2D eigenvalue weighted by Crippen LogP contribution is -2.59. The molecular weight excluding hydrogens is 918 g/mol. The number of amides is 3. The third kappa shape index (κ3) is 13.4. The highest BCUT2D eigenvalue weighted by Crippen LogP contribution is 2.31. The van der Waals surface area contributed by atoms with Crippen LogP contribution >= 0.6 is 48.0 Å². The van der Waals surface area contributed by atoms with Gasteiger partial charge in [0.2, 0.25) is 0 Å². The summed E-state index contributed by atoms with van der Waals surface area (Å²) in [5, 5.41) is 4.43. The fraction of sp³-hybridized carbons (Fsp3) is 0.298. The molecule has 0 radical (unpaired) electrons. The largest absolute Gasteiger partial charge is 0.490 e. The summed E-state index contributed by atoms with van der Waals surface area (Å²) in [5.41, 5.74) is 0.856. The second-order valence-electron chi connectivity index (χ2n) is 15.7. The molecule has 0 spiro atoms. The number of nitrogens with one attached hydrogen (secondary N) is 1. The molecule has 8 rings (SSSR count). The summed E-state index contributed by atoms with van der Waals surface area (Å²) in [5.74, 6) is 2.39. The monoisotopic (exact) mass is 966 g/mol. The Kier molecular flexibility index (Phi) is 18.1. The number of aromatic nitrogens is 2. The number of carbonyl (C=O) groups is 3. The van der Waals surface area contributed by atoms with E-state index < -0.39 is 17.7 Å². The molecule has 2 unspecified atom stereocenters. The molecule has 0 saturated carbocycles. The number of hydrogen-bond donors (Lipinski definition) is 1. The first-order valence-corrected chi connectivity index (χ1v) is 21.2. The third-order valence-corrected chi connectivity index (χ3v) is 10.7. The second-order valence-corrected chi connectivity index (χ2v) is 16.5. The lowest BCUT2D eigenvalue weighted by molar-refractivity contribution is -0.00163. The van der Waals surface area contributed by atoms with Crippen LogP contribution in [0.3, 0.4) is 0 Å². The van der Waals surface area contributed by atoms with Crippen molar-refractivity contribution >= 4 is 65.9 Å². The van der Waals surface area contributed by atoms with Gasteiger partial charge in [0, 0.05) is 62.8 Å². The summed E-state index contributed by atoms with van der Waals surface area (Å²) in [6, 6.07) is 28.2. The van der Waals surface area contributed by atoms with Gasteiger partial charge in [-0.3, -0.25) is 19.6 Å². The van der Waals surface area contributed by atoms with Gasteiger partial charge < -0.3 is 43.1 Å². The van der Waals surface area contributed by atoms with Gasteiger partial charge in [-0.2, -0.15) is 0 Å². The average Bonchev–Trinajstić information content (AvgIpc) is 4.00. The van der Waals surface area contributed by atoms with Gasteiger partial charge in [-0.15, -0.1) is 24.8 Å². The lowest BCUT2D eigenvalue weighted by atomic mass is 10.1. The third-order valence-electron chi connectivity index (χ3n) is 10.1. The van der Waals surface area contributed by atoms with Crippen LogP contribution < -0.4 is 14.8 Å². The maximum Gasteiger partial charge on any atom is 0.410 e. The Morgan fingerprint density at radius 1 is 0.677 bits per heavy atom. The molecule has 2 fully saturated rings. The van der Waals surface area contributed by atoms with Crippen molar-refractivity contribution in [3.8, 4) is 34.1 Å². The summed E-state index contributed by atoms with van der Waals surface area (Å²) in [6.07, 6.45) is 6.18. The Bertz CT molecular complexity index is 2470. The number of ether oxygens (including phenoxy) is 3. The number of piperazine rings is 2. The van der Waals surface area contributed by atoms with Crippen LogP contribution in [0.4, 0.5) is 4.79 Å². The van der Waals surface area contributed by atoms with Crippen molar-refractivity contribution in [1.29, 1.82) is 0 Å². The first-order valence-electron chi connectivity index (χ1n) is 20.5. The van der Waals surface area contributed by atoms with Crippen LogP contribution in [0.2, 0.25) is 10.0 Å². The molecule has 2 aliphatic rings. The van der Waals surface area contributed by atoms with Crippen molar-refractivity contribution in [2.75, 3.05) is 52.5 Å². The molecule has 344 valence electrons. The number of nitrogens with zero attached hydrogens (tertiary/aromatic N) is 5. The summed E-state index contributed by atoms with van der Waals surface area (Å²) in [7, 11) is 0. The van der Waals surface area contributed by atoms with E-state index in [4.69, 9.17) is 46.2 Å². The molecule has 6 aromatic rings. The summed E-state index contributed by atoms with van der Waals surface area (Å²) >= 11 is 12.5. The van der Waals surface area contributed by atoms with Crippen LogP contribution in [-0.2, 0) is 4.74 Å². The molecule has 18 heteroatoms. The van der Waals surface area contributed by atoms with E-state index in [1.807, 2.05) is 69.3 Å². The molecule has 2 aromatic carbocycles. The van der Waals surface area contributed by atoms with Crippen LogP contribution in [-0.4, -0.2) is 113 Å². The van der Waals surface area contributed by atoms with Crippen molar-refractivity contribution in [1.82, 2.24) is 30.0 Å². The Hall–Kier alpha value is -5.77. The van der Waals surface area contributed by atoms with Crippen molar-refractivity contribution in [2.24, 2.45) is 0 Å². The van der Waals surface area contributed by atoms with Gasteiger partial charge in [-0.25, -0.2) is 4.79 Å². The molecule has 3 amide bonds. The topological polar surface area (TPSA) is 153 Å². The van der Waals surface area contributed by atoms with E-state index in [2.05, 4.69) is 15.3 Å². The Balaban J connectivity index is 0.000000242. The van der Waals surface area contributed by atoms with Gasteiger partial charge in [0.15, 0.2) is 11.5 Å². The van der Waals surface area contributed by atoms with Gasteiger partial charge in [-0.05, 0) is 93.6 Å². The Morgan fingerprint density at radius 2 is 1.18 bits per heavy atom. The van der Waals surface area contributed by atoms with E-state index in [1.54, 1.807) is 88.0 Å². The van der Waals surface area contributed by atoms with Gasteiger partial charge in [0.25, 0.3) is 11.8 Å². The number of hydrogen-bond acceptors (Lipinski definition) is 11. The van der Waals surface area contributed by atoms with E-state index in [1.165, 1.54) is 0 Å². The minimum absolute atomic E-state index is 0. The van der Waals surface area contributed by atoms with Gasteiger partial charge in [-0.1, -0.05) is 47.5 Å². The predicted molar refractivity (Wildman–Crippen MR) is 253 cm³/mol. The molecule has 1 N–H and O–H groups in total. The van der Waals surface area contributed by atoms with Crippen LogP contribution in [0.5, 0.6) is 11.5 Å². The normalized spacial score (nSPS) is 15.9. The minimum Gasteiger partial charge on any atom is -0.490 e. The Morgan fingerprint density at radius 3 is 1.68 bits per heavy atom. The van der Waals surface area contributed by atoms with Gasteiger partial charge >= 0.3 is 6.09 Å². The van der Waals surface area contributed by atoms with E-state index in [0.717, 1.165) is 12.1 Å². The zero-order valence-corrected chi connectivity index (χ0v) is 39.1.